The maximum Gasteiger partial charge on any atom is 0.223 e. The summed E-state index contributed by atoms with van der Waals surface area (Å²) in [5, 5.41) is 2.03. The summed E-state index contributed by atoms with van der Waals surface area (Å²) in [6, 6.07) is 9.11. The van der Waals surface area contributed by atoms with Crippen molar-refractivity contribution in [2.75, 3.05) is 13.7 Å². The second kappa shape index (κ2) is 8.64. The number of rotatable bonds is 8. The van der Waals surface area contributed by atoms with Crippen molar-refractivity contribution in [1.29, 1.82) is 0 Å². The molecule has 0 aliphatic heterocycles. The molecule has 5 heteroatoms. The van der Waals surface area contributed by atoms with Gasteiger partial charge in [-0.1, -0.05) is 0 Å². The van der Waals surface area contributed by atoms with Gasteiger partial charge in [-0.2, -0.15) is 0 Å². The number of aryl methyl sites for hydroxylation is 1. The van der Waals surface area contributed by atoms with Crippen molar-refractivity contribution < 1.29 is 14.3 Å². The molecule has 1 amide bonds. The minimum atomic E-state index is -0.0212. The monoisotopic (exact) mass is 345 g/mol. The van der Waals surface area contributed by atoms with E-state index in [4.69, 9.17) is 4.74 Å². The van der Waals surface area contributed by atoms with Crippen LogP contribution in [-0.4, -0.2) is 30.2 Å². The van der Waals surface area contributed by atoms with Gasteiger partial charge in [0.05, 0.1) is 13.2 Å². The number of Topliss-reactive ketones (excluding diaryl/α,β-unsaturated/α-hetero) is 1. The molecule has 24 heavy (non-hydrogen) atoms. The molecule has 0 N–H and O–H groups in total. The van der Waals surface area contributed by atoms with Gasteiger partial charge in [-0.3, -0.25) is 9.59 Å². The van der Waals surface area contributed by atoms with Crippen molar-refractivity contribution in [3.8, 4) is 5.75 Å². The Hall–Kier alpha value is -2.14. The minimum Gasteiger partial charge on any atom is -0.494 e. The Kier molecular flexibility index (Phi) is 6.55. The molecule has 0 aliphatic carbocycles. The topological polar surface area (TPSA) is 46.6 Å². The Balaban J connectivity index is 1.84. The Labute approximate surface area is 147 Å². The van der Waals surface area contributed by atoms with E-state index in [1.165, 1.54) is 10.4 Å². The molecule has 0 saturated heterocycles. The lowest BCUT2D eigenvalue weighted by molar-refractivity contribution is -0.130. The summed E-state index contributed by atoms with van der Waals surface area (Å²) in [6.07, 6.45) is 0.452. The number of hydrogen-bond acceptors (Lipinski definition) is 4. The maximum atomic E-state index is 12.2. The van der Waals surface area contributed by atoms with Gasteiger partial charge < -0.3 is 9.64 Å². The lowest BCUT2D eigenvalue weighted by Gasteiger charge is -2.16. The van der Waals surface area contributed by atoms with Crippen LogP contribution in [0.1, 0.15) is 40.6 Å². The van der Waals surface area contributed by atoms with Crippen molar-refractivity contribution in [1.82, 2.24) is 4.90 Å². The van der Waals surface area contributed by atoms with Crippen LogP contribution in [-0.2, 0) is 11.3 Å². The lowest BCUT2D eigenvalue weighted by Crippen LogP contribution is -2.26. The van der Waals surface area contributed by atoms with E-state index in [1.807, 2.05) is 25.3 Å². The van der Waals surface area contributed by atoms with Crippen LogP contribution in [0.25, 0.3) is 0 Å². The second-order valence-electron chi connectivity index (χ2n) is 5.66. The summed E-state index contributed by atoms with van der Waals surface area (Å²) in [4.78, 5) is 27.3. The second-order valence-corrected chi connectivity index (χ2v) is 6.66. The van der Waals surface area contributed by atoms with Gasteiger partial charge in [-0.05, 0) is 55.1 Å². The van der Waals surface area contributed by atoms with Crippen LogP contribution in [0.3, 0.4) is 0 Å². The molecule has 1 aromatic carbocycles. The SMILES string of the molecule is CCOc1ccc(C(=O)CCC(=O)N(C)Cc2sccc2C)cc1. The summed E-state index contributed by atoms with van der Waals surface area (Å²) < 4.78 is 5.36. The fourth-order valence-corrected chi connectivity index (χ4v) is 3.29. The molecule has 0 radical (unpaired) electrons. The van der Waals surface area contributed by atoms with Crippen molar-refractivity contribution in [3.63, 3.8) is 0 Å². The van der Waals surface area contributed by atoms with Crippen LogP contribution in [0.15, 0.2) is 35.7 Å². The van der Waals surface area contributed by atoms with E-state index in [0.717, 1.165) is 5.75 Å². The van der Waals surface area contributed by atoms with Gasteiger partial charge in [0.1, 0.15) is 5.75 Å². The molecule has 0 fully saturated rings. The molecule has 128 valence electrons. The van der Waals surface area contributed by atoms with Gasteiger partial charge in [-0.25, -0.2) is 0 Å². The number of ether oxygens (including phenoxy) is 1. The van der Waals surface area contributed by atoms with Crippen LogP contribution in [0.5, 0.6) is 5.75 Å². The zero-order chi connectivity index (χ0) is 17.5. The predicted octanol–water partition coefficient (Wildman–Crippen LogP) is 4.08. The molecule has 0 saturated carbocycles. The average molecular weight is 345 g/mol. The third-order valence-electron chi connectivity index (χ3n) is 3.83. The number of carbonyl (C=O) groups excluding carboxylic acids is 2. The molecule has 0 aliphatic rings. The largest absolute Gasteiger partial charge is 0.494 e. The first-order valence-corrected chi connectivity index (χ1v) is 8.92. The zero-order valence-electron chi connectivity index (χ0n) is 14.4. The summed E-state index contributed by atoms with van der Waals surface area (Å²) in [7, 11) is 1.78. The standard InChI is InChI=1S/C19H23NO3S/c1-4-23-16-7-5-15(6-8-16)17(21)9-10-19(22)20(3)13-18-14(2)11-12-24-18/h5-8,11-12H,4,9-10,13H2,1-3H3. The van der Waals surface area contributed by atoms with E-state index in [0.29, 0.717) is 18.7 Å². The minimum absolute atomic E-state index is 0.0120. The van der Waals surface area contributed by atoms with E-state index in [2.05, 4.69) is 0 Å². The summed E-state index contributed by atoms with van der Waals surface area (Å²) in [5.41, 5.74) is 1.81. The maximum absolute atomic E-state index is 12.2. The van der Waals surface area contributed by atoms with Crippen molar-refractivity contribution >= 4 is 23.0 Å². The summed E-state index contributed by atoms with van der Waals surface area (Å²) in [6.45, 7) is 5.15. The fraction of sp³-hybridized carbons (Fsp3) is 0.368. The number of hydrogen-bond donors (Lipinski definition) is 0. The predicted molar refractivity (Wildman–Crippen MR) is 96.7 cm³/mol. The molecule has 4 nitrogen and oxygen atoms in total. The van der Waals surface area contributed by atoms with Gasteiger partial charge in [0.15, 0.2) is 5.78 Å². The Bertz CT molecular complexity index is 691. The van der Waals surface area contributed by atoms with Gasteiger partial charge in [0.2, 0.25) is 5.91 Å². The van der Waals surface area contributed by atoms with Gasteiger partial charge in [0.25, 0.3) is 0 Å². The quantitative estimate of drug-likeness (QED) is 0.677. The third kappa shape index (κ3) is 4.93. The average Bonchev–Trinajstić information content (AvgIpc) is 2.98. The normalized spacial score (nSPS) is 10.5. The van der Waals surface area contributed by atoms with Crippen molar-refractivity contribution in [3.05, 3.63) is 51.7 Å². The van der Waals surface area contributed by atoms with Crippen LogP contribution in [0, 0.1) is 6.92 Å². The Morgan fingerprint density at radius 1 is 1.12 bits per heavy atom. The van der Waals surface area contributed by atoms with E-state index < -0.39 is 0 Å². The summed E-state index contributed by atoms with van der Waals surface area (Å²) >= 11 is 1.65. The molecular formula is C19H23NO3S. The molecule has 0 atom stereocenters. The molecule has 0 spiro atoms. The van der Waals surface area contributed by atoms with Crippen LogP contribution >= 0.6 is 11.3 Å². The fourth-order valence-electron chi connectivity index (χ4n) is 2.33. The number of amides is 1. The van der Waals surface area contributed by atoms with Crippen LogP contribution in [0.2, 0.25) is 0 Å². The van der Waals surface area contributed by atoms with E-state index in [9.17, 15) is 9.59 Å². The Morgan fingerprint density at radius 3 is 2.42 bits per heavy atom. The molecule has 0 unspecified atom stereocenters. The van der Waals surface area contributed by atoms with Gasteiger partial charge in [0, 0.05) is 30.3 Å². The number of benzene rings is 1. The molecule has 0 bridgehead atoms. The number of nitrogens with zero attached hydrogens (tertiary/aromatic N) is 1. The lowest BCUT2D eigenvalue weighted by atomic mass is 10.1. The first-order chi connectivity index (χ1) is 11.5. The van der Waals surface area contributed by atoms with Crippen molar-refractivity contribution in [2.24, 2.45) is 0 Å². The highest BCUT2D eigenvalue weighted by atomic mass is 32.1. The van der Waals surface area contributed by atoms with Gasteiger partial charge >= 0.3 is 0 Å². The third-order valence-corrected chi connectivity index (χ3v) is 4.84. The van der Waals surface area contributed by atoms with Crippen LogP contribution in [0.4, 0.5) is 0 Å². The van der Waals surface area contributed by atoms with E-state index >= 15 is 0 Å². The smallest absolute Gasteiger partial charge is 0.223 e. The highest BCUT2D eigenvalue weighted by Gasteiger charge is 2.14. The highest BCUT2D eigenvalue weighted by molar-refractivity contribution is 7.10. The first kappa shape index (κ1) is 18.2. The van der Waals surface area contributed by atoms with E-state index in [-0.39, 0.29) is 24.5 Å². The molecule has 2 aromatic rings. The summed E-state index contributed by atoms with van der Waals surface area (Å²) in [5.74, 6) is 0.713. The van der Waals surface area contributed by atoms with Crippen LogP contribution < -0.4 is 4.74 Å². The molecule has 2 rings (SSSR count). The first-order valence-electron chi connectivity index (χ1n) is 8.04. The number of carbonyl (C=O) groups is 2. The van der Waals surface area contributed by atoms with E-state index in [1.54, 1.807) is 47.5 Å². The number of thiophene rings is 1. The molecule has 1 aromatic heterocycles. The molecule has 1 heterocycles. The Morgan fingerprint density at radius 2 is 1.83 bits per heavy atom. The van der Waals surface area contributed by atoms with Crippen molar-refractivity contribution in [2.45, 2.75) is 33.2 Å². The number of ketones is 1. The zero-order valence-corrected chi connectivity index (χ0v) is 15.2. The molecular weight excluding hydrogens is 322 g/mol. The van der Waals surface area contributed by atoms with Gasteiger partial charge in [-0.15, -0.1) is 11.3 Å². The highest BCUT2D eigenvalue weighted by Crippen LogP contribution is 2.18.